The van der Waals surface area contributed by atoms with Gasteiger partial charge in [0.2, 0.25) is 5.91 Å². The lowest BCUT2D eigenvalue weighted by atomic mass is 10.0. The molecule has 0 radical (unpaired) electrons. The molecule has 3 aromatic rings. The molecular weight excluding hydrogens is 350 g/mol. The average Bonchev–Trinajstić information content (AvgIpc) is 2.70. The van der Waals surface area contributed by atoms with Gasteiger partial charge < -0.3 is 5.32 Å². The standard InChI is InChI=1S/C24H25NOS/c1-18(2)21-15-9-10-16-22(21)25-23(26)17-27-24(19-11-5-3-6-12-19)20-13-7-4-8-14-20/h3-16,18,24H,17H2,1-2H3,(H,25,26). The third-order valence-electron chi connectivity index (χ3n) is 4.44. The predicted octanol–water partition coefficient (Wildman–Crippen LogP) is 6.27. The monoisotopic (exact) mass is 375 g/mol. The predicted molar refractivity (Wildman–Crippen MR) is 116 cm³/mol. The molecule has 0 fully saturated rings. The average molecular weight is 376 g/mol. The van der Waals surface area contributed by atoms with Crippen molar-refractivity contribution < 1.29 is 4.79 Å². The minimum Gasteiger partial charge on any atom is -0.325 e. The molecule has 0 unspecified atom stereocenters. The second kappa shape index (κ2) is 9.43. The van der Waals surface area contributed by atoms with E-state index in [1.54, 1.807) is 11.8 Å². The van der Waals surface area contributed by atoms with Crippen molar-refractivity contribution in [1.29, 1.82) is 0 Å². The smallest absolute Gasteiger partial charge is 0.234 e. The fourth-order valence-corrected chi connectivity index (χ4v) is 4.19. The molecule has 1 amide bonds. The number of hydrogen-bond donors (Lipinski definition) is 1. The van der Waals surface area contributed by atoms with Crippen molar-refractivity contribution in [1.82, 2.24) is 0 Å². The molecule has 3 aromatic carbocycles. The van der Waals surface area contributed by atoms with Gasteiger partial charge in [-0.05, 0) is 28.7 Å². The minimum absolute atomic E-state index is 0.0324. The molecule has 1 N–H and O–H groups in total. The summed E-state index contributed by atoms with van der Waals surface area (Å²) in [4.78, 5) is 12.6. The molecule has 138 valence electrons. The van der Waals surface area contributed by atoms with E-state index in [1.807, 2.05) is 54.6 Å². The molecule has 0 bridgehead atoms. The van der Waals surface area contributed by atoms with E-state index in [-0.39, 0.29) is 11.2 Å². The quantitative estimate of drug-likeness (QED) is 0.527. The first-order chi connectivity index (χ1) is 13.1. The Labute approximate surface area is 166 Å². The number of amides is 1. The molecule has 0 atom stereocenters. The number of nitrogens with one attached hydrogen (secondary N) is 1. The number of carbonyl (C=O) groups is 1. The van der Waals surface area contributed by atoms with Crippen LogP contribution in [0.3, 0.4) is 0 Å². The Kier molecular flexibility index (Phi) is 6.72. The molecular formula is C24H25NOS. The number of carbonyl (C=O) groups excluding carboxylic acids is 1. The van der Waals surface area contributed by atoms with Crippen molar-refractivity contribution >= 4 is 23.4 Å². The van der Waals surface area contributed by atoms with Crippen molar-refractivity contribution in [3.63, 3.8) is 0 Å². The van der Waals surface area contributed by atoms with Gasteiger partial charge in [0.25, 0.3) is 0 Å². The van der Waals surface area contributed by atoms with Crippen LogP contribution in [0.4, 0.5) is 5.69 Å². The first kappa shape index (κ1) is 19.2. The van der Waals surface area contributed by atoms with Gasteiger partial charge in [0.1, 0.15) is 0 Å². The van der Waals surface area contributed by atoms with Crippen LogP contribution >= 0.6 is 11.8 Å². The van der Waals surface area contributed by atoms with Crippen LogP contribution in [0.25, 0.3) is 0 Å². The van der Waals surface area contributed by atoms with Gasteiger partial charge in [0.05, 0.1) is 11.0 Å². The molecule has 0 saturated carbocycles. The summed E-state index contributed by atoms with van der Waals surface area (Å²) in [5.74, 6) is 0.807. The number of rotatable bonds is 7. The fraction of sp³-hybridized carbons (Fsp3) is 0.208. The van der Waals surface area contributed by atoms with E-state index >= 15 is 0 Å². The van der Waals surface area contributed by atoms with E-state index in [1.165, 1.54) is 16.7 Å². The fourth-order valence-electron chi connectivity index (χ4n) is 3.10. The topological polar surface area (TPSA) is 29.1 Å². The highest BCUT2D eigenvalue weighted by Crippen LogP contribution is 2.35. The Morgan fingerprint density at radius 1 is 0.815 bits per heavy atom. The van der Waals surface area contributed by atoms with Crippen LogP contribution in [0.1, 0.15) is 41.7 Å². The Morgan fingerprint density at radius 3 is 1.89 bits per heavy atom. The molecule has 3 heteroatoms. The van der Waals surface area contributed by atoms with E-state index in [2.05, 4.69) is 49.5 Å². The van der Waals surface area contributed by atoms with Crippen LogP contribution in [0.2, 0.25) is 0 Å². The van der Waals surface area contributed by atoms with Crippen LogP contribution < -0.4 is 5.32 Å². The van der Waals surface area contributed by atoms with Gasteiger partial charge in [0, 0.05) is 5.69 Å². The molecule has 0 aliphatic carbocycles. The van der Waals surface area contributed by atoms with Crippen LogP contribution in [-0.4, -0.2) is 11.7 Å². The van der Waals surface area contributed by atoms with Crippen LogP contribution in [-0.2, 0) is 4.79 Å². The van der Waals surface area contributed by atoms with Crippen molar-refractivity contribution in [3.05, 3.63) is 102 Å². The van der Waals surface area contributed by atoms with Crippen molar-refractivity contribution in [2.45, 2.75) is 25.0 Å². The second-order valence-corrected chi connectivity index (χ2v) is 7.90. The van der Waals surface area contributed by atoms with Crippen LogP contribution in [0.15, 0.2) is 84.9 Å². The highest BCUT2D eigenvalue weighted by Gasteiger charge is 2.17. The zero-order valence-corrected chi connectivity index (χ0v) is 16.6. The number of anilines is 1. The highest BCUT2D eigenvalue weighted by atomic mass is 32.2. The van der Waals surface area contributed by atoms with Crippen LogP contribution in [0.5, 0.6) is 0 Å². The van der Waals surface area contributed by atoms with Gasteiger partial charge in [-0.15, -0.1) is 11.8 Å². The van der Waals surface area contributed by atoms with E-state index in [0.717, 1.165) is 5.69 Å². The summed E-state index contributed by atoms with van der Waals surface area (Å²) in [7, 11) is 0. The summed E-state index contributed by atoms with van der Waals surface area (Å²) in [5, 5.41) is 3.23. The number of benzene rings is 3. The lowest BCUT2D eigenvalue weighted by Crippen LogP contribution is -2.16. The SMILES string of the molecule is CC(C)c1ccccc1NC(=O)CSC(c1ccccc1)c1ccccc1. The first-order valence-corrected chi connectivity index (χ1v) is 10.3. The van der Waals surface area contributed by atoms with Gasteiger partial charge in [-0.3, -0.25) is 4.79 Å². The third-order valence-corrected chi connectivity index (χ3v) is 5.75. The molecule has 0 saturated heterocycles. The Hall–Kier alpha value is -2.52. The van der Waals surface area contributed by atoms with Crippen molar-refractivity contribution in [3.8, 4) is 0 Å². The molecule has 27 heavy (non-hydrogen) atoms. The summed E-state index contributed by atoms with van der Waals surface area (Å²) in [6.07, 6.45) is 0. The lowest BCUT2D eigenvalue weighted by Gasteiger charge is -2.18. The van der Waals surface area contributed by atoms with E-state index < -0.39 is 0 Å². The van der Waals surface area contributed by atoms with Gasteiger partial charge >= 0.3 is 0 Å². The molecule has 0 aliphatic heterocycles. The third kappa shape index (κ3) is 5.24. The summed E-state index contributed by atoms with van der Waals surface area (Å²) >= 11 is 1.66. The second-order valence-electron chi connectivity index (χ2n) is 6.80. The van der Waals surface area contributed by atoms with Gasteiger partial charge in [-0.25, -0.2) is 0 Å². The lowest BCUT2D eigenvalue weighted by molar-refractivity contribution is -0.113. The van der Waals surface area contributed by atoms with E-state index in [4.69, 9.17) is 0 Å². The van der Waals surface area contributed by atoms with Gasteiger partial charge in [-0.1, -0.05) is 92.7 Å². The minimum atomic E-state index is 0.0324. The van der Waals surface area contributed by atoms with Gasteiger partial charge in [0.15, 0.2) is 0 Å². The van der Waals surface area contributed by atoms with Gasteiger partial charge in [-0.2, -0.15) is 0 Å². The molecule has 3 rings (SSSR count). The Bertz CT molecular complexity index is 822. The molecule has 0 spiro atoms. The first-order valence-electron chi connectivity index (χ1n) is 9.25. The zero-order valence-electron chi connectivity index (χ0n) is 15.8. The highest BCUT2D eigenvalue weighted by molar-refractivity contribution is 8.00. The maximum Gasteiger partial charge on any atom is 0.234 e. The number of hydrogen-bond acceptors (Lipinski definition) is 2. The molecule has 0 aliphatic rings. The summed E-state index contributed by atoms with van der Waals surface area (Å²) in [6.45, 7) is 4.28. The van der Waals surface area contributed by atoms with Crippen molar-refractivity contribution in [2.24, 2.45) is 0 Å². The summed E-state index contributed by atoms with van der Waals surface area (Å²) in [5.41, 5.74) is 4.50. The van der Waals surface area contributed by atoms with E-state index in [0.29, 0.717) is 11.7 Å². The Balaban J connectivity index is 1.72. The molecule has 0 heterocycles. The maximum atomic E-state index is 12.6. The summed E-state index contributed by atoms with van der Waals surface area (Å²) in [6, 6.07) is 28.7. The van der Waals surface area contributed by atoms with E-state index in [9.17, 15) is 4.79 Å². The maximum absolute atomic E-state index is 12.6. The number of thioether (sulfide) groups is 1. The van der Waals surface area contributed by atoms with Crippen molar-refractivity contribution in [2.75, 3.05) is 11.1 Å². The normalized spacial score (nSPS) is 11.0. The molecule has 2 nitrogen and oxygen atoms in total. The summed E-state index contributed by atoms with van der Waals surface area (Å²) < 4.78 is 0. The molecule has 0 aromatic heterocycles. The number of para-hydroxylation sites is 1. The Morgan fingerprint density at radius 2 is 1.33 bits per heavy atom. The van der Waals surface area contributed by atoms with Crippen LogP contribution in [0, 0.1) is 0 Å². The largest absolute Gasteiger partial charge is 0.325 e. The zero-order chi connectivity index (χ0) is 19.1.